The van der Waals surface area contributed by atoms with Crippen LogP contribution in [0.4, 0.5) is 11.7 Å². The maximum Gasteiger partial charge on any atom is 0.322 e. The van der Waals surface area contributed by atoms with E-state index in [4.69, 9.17) is 4.42 Å². The van der Waals surface area contributed by atoms with Gasteiger partial charge in [0.1, 0.15) is 0 Å². The monoisotopic (exact) mass is 512 g/mol. The molecule has 0 bridgehead atoms. The number of rotatable bonds is 7. The number of nitrogens with zero attached hydrogens (tertiary/aromatic N) is 2. The van der Waals surface area contributed by atoms with E-state index >= 15 is 0 Å². The van der Waals surface area contributed by atoms with Crippen LogP contribution in [0.25, 0.3) is 11.5 Å². The standard InChI is InChI=1S/C23H20N4O6S2/c1-15-10-12-17(13-11-15)35(31,32)27-20-9-4-3-8-19(20)21(28)24-23-26-25-22(33-23)16-6-5-7-18(14-16)34(2,29)30/h3-14,27H,1-2H3,(H,24,26,28). The Hall–Kier alpha value is -4.03. The highest BCUT2D eigenvalue weighted by molar-refractivity contribution is 7.92. The van der Waals surface area contributed by atoms with E-state index in [1.54, 1.807) is 30.3 Å². The first-order valence-electron chi connectivity index (χ1n) is 10.2. The molecular weight excluding hydrogens is 492 g/mol. The number of hydrogen-bond donors (Lipinski definition) is 2. The summed E-state index contributed by atoms with van der Waals surface area (Å²) < 4.78 is 57.0. The second kappa shape index (κ2) is 9.31. The summed E-state index contributed by atoms with van der Waals surface area (Å²) >= 11 is 0. The number of nitrogens with one attached hydrogen (secondary N) is 2. The Morgan fingerprint density at radius 1 is 0.857 bits per heavy atom. The van der Waals surface area contributed by atoms with Gasteiger partial charge in [0.15, 0.2) is 9.84 Å². The van der Waals surface area contributed by atoms with Gasteiger partial charge < -0.3 is 4.42 Å². The summed E-state index contributed by atoms with van der Waals surface area (Å²) in [6.07, 6.45) is 1.08. The molecular formula is C23H20N4O6S2. The molecule has 35 heavy (non-hydrogen) atoms. The van der Waals surface area contributed by atoms with Gasteiger partial charge in [-0.2, -0.15) is 0 Å². The molecule has 1 heterocycles. The summed E-state index contributed by atoms with van der Waals surface area (Å²) in [5.74, 6) is -0.688. The van der Waals surface area contributed by atoms with E-state index < -0.39 is 25.8 Å². The van der Waals surface area contributed by atoms with Gasteiger partial charge >= 0.3 is 6.01 Å². The molecule has 12 heteroatoms. The van der Waals surface area contributed by atoms with Crippen LogP contribution in [0.15, 0.2) is 87.0 Å². The zero-order chi connectivity index (χ0) is 25.2. The minimum Gasteiger partial charge on any atom is -0.403 e. The number of anilines is 2. The molecule has 2 N–H and O–H groups in total. The van der Waals surface area contributed by atoms with Crippen LogP contribution in [0.3, 0.4) is 0 Å². The second-order valence-electron chi connectivity index (χ2n) is 7.63. The SMILES string of the molecule is Cc1ccc(S(=O)(=O)Nc2ccccc2C(=O)Nc2nnc(-c3cccc(S(C)(=O)=O)c3)o2)cc1. The molecule has 0 radical (unpaired) electrons. The maximum atomic E-state index is 12.9. The number of sulfonamides is 1. The van der Waals surface area contributed by atoms with Crippen LogP contribution in [0.5, 0.6) is 0 Å². The van der Waals surface area contributed by atoms with Gasteiger partial charge in [0.05, 0.1) is 21.0 Å². The Balaban J connectivity index is 1.55. The van der Waals surface area contributed by atoms with Gasteiger partial charge in [0.25, 0.3) is 15.9 Å². The van der Waals surface area contributed by atoms with E-state index in [0.717, 1.165) is 11.8 Å². The second-order valence-corrected chi connectivity index (χ2v) is 11.3. The number of aromatic nitrogens is 2. The third kappa shape index (κ3) is 5.55. The fraction of sp³-hybridized carbons (Fsp3) is 0.0870. The molecule has 0 aliphatic heterocycles. The Kier molecular flexibility index (Phi) is 6.41. The summed E-state index contributed by atoms with van der Waals surface area (Å²) in [5.41, 5.74) is 1.35. The van der Waals surface area contributed by atoms with Crippen molar-refractivity contribution < 1.29 is 26.0 Å². The van der Waals surface area contributed by atoms with Crippen LogP contribution in [0.1, 0.15) is 15.9 Å². The van der Waals surface area contributed by atoms with Crippen LogP contribution >= 0.6 is 0 Å². The van der Waals surface area contributed by atoms with E-state index in [1.165, 1.54) is 42.5 Å². The molecule has 0 atom stereocenters. The first-order chi connectivity index (χ1) is 16.5. The van der Waals surface area contributed by atoms with Crippen molar-refractivity contribution in [3.05, 3.63) is 83.9 Å². The highest BCUT2D eigenvalue weighted by Gasteiger charge is 2.20. The average molecular weight is 513 g/mol. The van der Waals surface area contributed by atoms with Crippen molar-refractivity contribution in [3.8, 4) is 11.5 Å². The summed E-state index contributed by atoms with van der Waals surface area (Å²) in [6.45, 7) is 1.84. The van der Waals surface area contributed by atoms with Gasteiger partial charge in [0, 0.05) is 11.8 Å². The first-order valence-corrected chi connectivity index (χ1v) is 13.5. The Morgan fingerprint density at radius 3 is 2.29 bits per heavy atom. The lowest BCUT2D eigenvalue weighted by atomic mass is 10.2. The Bertz CT molecular complexity index is 1610. The molecule has 0 unspecified atom stereocenters. The fourth-order valence-corrected chi connectivity index (χ4v) is 4.85. The van der Waals surface area contributed by atoms with Crippen molar-refractivity contribution in [1.82, 2.24) is 10.2 Å². The number of amides is 1. The largest absolute Gasteiger partial charge is 0.403 e. The van der Waals surface area contributed by atoms with E-state index in [-0.39, 0.29) is 32.9 Å². The zero-order valence-corrected chi connectivity index (χ0v) is 20.2. The number of sulfone groups is 1. The number of aryl methyl sites for hydroxylation is 1. The molecule has 0 aliphatic rings. The molecule has 1 amide bonds. The molecule has 180 valence electrons. The van der Waals surface area contributed by atoms with Crippen molar-refractivity contribution in [3.63, 3.8) is 0 Å². The van der Waals surface area contributed by atoms with Crippen LogP contribution in [0.2, 0.25) is 0 Å². The van der Waals surface area contributed by atoms with Crippen LogP contribution in [-0.4, -0.2) is 39.2 Å². The number of hydrogen-bond acceptors (Lipinski definition) is 8. The highest BCUT2D eigenvalue weighted by Crippen LogP contribution is 2.25. The van der Waals surface area contributed by atoms with E-state index in [1.807, 2.05) is 6.92 Å². The molecule has 4 aromatic rings. The summed E-state index contributed by atoms with van der Waals surface area (Å²) in [5, 5.41) is 10.1. The van der Waals surface area contributed by atoms with Gasteiger partial charge in [-0.3, -0.25) is 14.8 Å². The van der Waals surface area contributed by atoms with Crippen molar-refractivity contribution in [2.24, 2.45) is 0 Å². The van der Waals surface area contributed by atoms with Gasteiger partial charge in [0.2, 0.25) is 5.89 Å². The lowest BCUT2D eigenvalue weighted by molar-refractivity contribution is 0.102. The van der Waals surface area contributed by atoms with Crippen LogP contribution in [-0.2, 0) is 19.9 Å². The average Bonchev–Trinajstić information content (AvgIpc) is 3.27. The quantitative estimate of drug-likeness (QED) is 0.382. The minimum absolute atomic E-state index is 0.000779. The fourth-order valence-electron chi connectivity index (χ4n) is 3.11. The predicted molar refractivity (Wildman–Crippen MR) is 129 cm³/mol. The Morgan fingerprint density at radius 2 is 1.57 bits per heavy atom. The van der Waals surface area contributed by atoms with E-state index in [0.29, 0.717) is 5.56 Å². The van der Waals surface area contributed by atoms with Gasteiger partial charge in [-0.1, -0.05) is 41.0 Å². The van der Waals surface area contributed by atoms with E-state index in [2.05, 4.69) is 20.2 Å². The molecule has 1 aromatic heterocycles. The van der Waals surface area contributed by atoms with Gasteiger partial charge in [-0.25, -0.2) is 16.8 Å². The third-order valence-electron chi connectivity index (χ3n) is 4.90. The normalized spacial score (nSPS) is 11.7. The molecule has 0 spiro atoms. The molecule has 0 fully saturated rings. The topological polar surface area (TPSA) is 148 Å². The lowest BCUT2D eigenvalue weighted by Crippen LogP contribution is -2.18. The number of carbonyl (C=O) groups is 1. The van der Waals surface area contributed by atoms with Crippen molar-refractivity contribution in [1.29, 1.82) is 0 Å². The highest BCUT2D eigenvalue weighted by atomic mass is 32.2. The van der Waals surface area contributed by atoms with E-state index in [9.17, 15) is 21.6 Å². The summed E-state index contributed by atoms with van der Waals surface area (Å²) in [7, 11) is -7.38. The maximum absolute atomic E-state index is 12.9. The van der Waals surface area contributed by atoms with Gasteiger partial charge in [-0.05, 0) is 49.4 Å². The molecule has 0 aliphatic carbocycles. The summed E-state index contributed by atoms with van der Waals surface area (Å²) in [4.78, 5) is 13.0. The lowest BCUT2D eigenvalue weighted by Gasteiger charge is -2.12. The Labute approximate surface area is 202 Å². The first kappa shape index (κ1) is 24.1. The number of carbonyl (C=O) groups excluding carboxylic acids is 1. The van der Waals surface area contributed by atoms with Crippen LogP contribution in [0, 0.1) is 6.92 Å². The molecule has 0 saturated heterocycles. The molecule has 0 saturated carbocycles. The smallest absolute Gasteiger partial charge is 0.322 e. The molecule has 4 rings (SSSR count). The molecule has 3 aromatic carbocycles. The minimum atomic E-state index is -3.94. The van der Waals surface area contributed by atoms with Crippen molar-refractivity contribution in [2.45, 2.75) is 16.7 Å². The number of para-hydroxylation sites is 1. The predicted octanol–water partition coefficient (Wildman–Crippen LogP) is 3.50. The van der Waals surface area contributed by atoms with Gasteiger partial charge in [-0.15, -0.1) is 5.10 Å². The van der Waals surface area contributed by atoms with Crippen LogP contribution < -0.4 is 10.0 Å². The summed E-state index contributed by atoms with van der Waals surface area (Å²) in [6, 6.07) is 18.0. The number of benzene rings is 3. The van der Waals surface area contributed by atoms with Crippen molar-refractivity contribution >= 4 is 37.5 Å². The molecule has 10 nitrogen and oxygen atoms in total. The van der Waals surface area contributed by atoms with Crippen molar-refractivity contribution in [2.75, 3.05) is 16.3 Å². The third-order valence-corrected chi connectivity index (χ3v) is 7.39. The zero-order valence-electron chi connectivity index (χ0n) is 18.6.